The first-order valence-corrected chi connectivity index (χ1v) is 8.06. The summed E-state index contributed by atoms with van der Waals surface area (Å²) in [6.07, 6.45) is 0. The van der Waals surface area contributed by atoms with Crippen molar-refractivity contribution in [3.05, 3.63) is 95.3 Å². The Bertz CT molecular complexity index is 952. The molecule has 3 aromatic carbocycles. The van der Waals surface area contributed by atoms with Crippen molar-refractivity contribution in [3.8, 4) is 0 Å². The summed E-state index contributed by atoms with van der Waals surface area (Å²) in [5.41, 5.74) is 2.93. The van der Waals surface area contributed by atoms with E-state index in [1.165, 1.54) is 24.3 Å². The summed E-state index contributed by atoms with van der Waals surface area (Å²) in [5.74, 6) is -0.961. The molecule has 0 aliphatic heterocycles. The van der Waals surface area contributed by atoms with Crippen LogP contribution in [0.4, 0.5) is 15.8 Å². The minimum Gasteiger partial charge on any atom is -0.322 e. The Labute approximate surface area is 150 Å². The second-order valence-corrected chi connectivity index (χ2v) is 5.87. The predicted molar refractivity (Wildman–Crippen MR) is 99.9 cm³/mol. The van der Waals surface area contributed by atoms with E-state index in [2.05, 4.69) is 10.6 Å². The minimum atomic E-state index is -0.371. The van der Waals surface area contributed by atoms with Gasteiger partial charge in [0.2, 0.25) is 0 Å². The van der Waals surface area contributed by atoms with Gasteiger partial charge in [-0.3, -0.25) is 9.59 Å². The molecular formula is C21H17FN2O2. The van der Waals surface area contributed by atoms with Crippen molar-refractivity contribution in [2.75, 3.05) is 10.6 Å². The predicted octanol–water partition coefficient (Wildman–Crippen LogP) is 4.64. The first-order chi connectivity index (χ1) is 12.5. The summed E-state index contributed by atoms with van der Waals surface area (Å²) in [6, 6.07) is 19.4. The molecule has 0 saturated heterocycles. The maximum absolute atomic E-state index is 12.9. The van der Waals surface area contributed by atoms with Crippen molar-refractivity contribution < 1.29 is 14.0 Å². The van der Waals surface area contributed by atoms with Gasteiger partial charge in [-0.05, 0) is 61.5 Å². The summed E-state index contributed by atoms with van der Waals surface area (Å²) < 4.78 is 12.9. The van der Waals surface area contributed by atoms with Crippen molar-refractivity contribution in [2.45, 2.75) is 6.92 Å². The molecule has 0 spiro atoms. The molecule has 0 radical (unpaired) electrons. The maximum atomic E-state index is 12.9. The third-order valence-electron chi connectivity index (χ3n) is 3.76. The van der Waals surface area contributed by atoms with Crippen LogP contribution in [0.15, 0.2) is 72.8 Å². The molecule has 0 aliphatic carbocycles. The molecule has 130 valence electrons. The van der Waals surface area contributed by atoms with Gasteiger partial charge in [-0.15, -0.1) is 0 Å². The lowest BCUT2D eigenvalue weighted by atomic mass is 10.1. The molecule has 2 amide bonds. The van der Waals surface area contributed by atoms with Gasteiger partial charge in [0.15, 0.2) is 0 Å². The number of amides is 2. The van der Waals surface area contributed by atoms with Gasteiger partial charge in [0, 0.05) is 22.5 Å². The fourth-order valence-electron chi connectivity index (χ4n) is 2.46. The number of carbonyl (C=O) groups is 2. The van der Waals surface area contributed by atoms with E-state index in [4.69, 9.17) is 0 Å². The fraction of sp³-hybridized carbons (Fsp3) is 0.0476. The summed E-state index contributed by atoms with van der Waals surface area (Å²) in [7, 11) is 0. The van der Waals surface area contributed by atoms with E-state index < -0.39 is 0 Å². The first kappa shape index (κ1) is 17.4. The molecular weight excluding hydrogens is 331 g/mol. The van der Waals surface area contributed by atoms with E-state index >= 15 is 0 Å². The summed E-state index contributed by atoms with van der Waals surface area (Å²) in [6.45, 7) is 1.91. The molecule has 0 atom stereocenters. The number of carbonyl (C=O) groups excluding carboxylic acids is 2. The van der Waals surface area contributed by atoms with Gasteiger partial charge in [0.25, 0.3) is 11.8 Å². The topological polar surface area (TPSA) is 58.2 Å². The Hall–Kier alpha value is -3.47. The van der Waals surface area contributed by atoms with Crippen molar-refractivity contribution in [3.63, 3.8) is 0 Å². The number of aryl methyl sites for hydroxylation is 1. The molecule has 4 nitrogen and oxygen atoms in total. The van der Waals surface area contributed by atoms with Gasteiger partial charge in [-0.1, -0.05) is 23.8 Å². The van der Waals surface area contributed by atoms with E-state index in [-0.39, 0.29) is 17.6 Å². The summed E-state index contributed by atoms with van der Waals surface area (Å²) in [5, 5.41) is 5.47. The van der Waals surface area contributed by atoms with E-state index in [1.807, 2.05) is 19.1 Å². The highest BCUT2D eigenvalue weighted by atomic mass is 19.1. The molecule has 2 N–H and O–H groups in total. The SMILES string of the molecule is Cc1cccc(C(=O)Nc2cccc(C(=O)Nc3ccc(F)cc3)c2)c1. The average molecular weight is 348 g/mol. The average Bonchev–Trinajstić information content (AvgIpc) is 2.64. The van der Waals surface area contributed by atoms with Crippen LogP contribution in [0.2, 0.25) is 0 Å². The second kappa shape index (κ2) is 7.61. The normalized spacial score (nSPS) is 10.2. The van der Waals surface area contributed by atoms with E-state index in [0.29, 0.717) is 22.5 Å². The molecule has 3 aromatic rings. The molecule has 26 heavy (non-hydrogen) atoms. The highest BCUT2D eigenvalue weighted by molar-refractivity contribution is 6.07. The highest BCUT2D eigenvalue weighted by Gasteiger charge is 2.10. The molecule has 0 heterocycles. The lowest BCUT2D eigenvalue weighted by Crippen LogP contribution is -2.14. The van der Waals surface area contributed by atoms with Crippen LogP contribution in [-0.2, 0) is 0 Å². The van der Waals surface area contributed by atoms with Gasteiger partial charge < -0.3 is 10.6 Å². The van der Waals surface area contributed by atoms with Crippen molar-refractivity contribution in [1.29, 1.82) is 0 Å². The Morgan fingerprint density at radius 2 is 1.31 bits per heavy atom. The maximum Gasteiger partial charge on any atom is 0.255 e. The van der Waals surface area contributed by atoms with Gasteiger partial charge >= 0.3 is 0 Å². The number of benzene rings is 3. The molecule has 0 fully saturated rings. The summed E-state index contributed by atoms with van der Waals surface area (Å²) in [4.78, 5) is 24.7. The van der Waals surface area contributed by atoms with Crippen LogP contribution >= 0.6 is 0 Å². The van der Waals surface area contributed by atoms with Gasteiger partial charge in [-0.2, -0.15) is 0 Å². The van der Waals surface area contributed by atoms with Crippen LogP contribution in [0.5, 0.6) is 0 Å². The zero-order chi connectivity index (χ0) is 18.5. The van der Waals surface area contributed by atoms with E-state index in [0.717, 1.165) is 5.56 Å². The third-order valence-corrected chi connectivity index (χ3v) is 3.76. The van der Waals surface area contributed by atoms with Gasteiger partial charge in [-0.25, -0.2) is 4.39 Å². The van der Waals surface area contributed by atoms with Crippen LogP contribution < -0.4 is 10.6 Å². The molecule has 0 aliphatic rings. The number of hydrogen-bond acceptors (Lipinski definition) is 2. The lowest BCUT2D eigenvalue weighted by Gasteiger charge is -2.09. The standard InChI is InChI=1S/C21H17FN2O2/c1-14-4-2-5-15(12-14)20(25)24-19-7-3-6-16(13-19)21(26)23-18-10-8-17(22)9-11-18/h2-13H,1H3,(H,23,26)(H,24,25). The van der Waals surface area contributed by atoms with Crippen LogP contribution in [0.3, 0.4) is 0 Å². The highest BCUT2D eigenvalue weighted by Crippen LogP contribution is 2.15. The smallest absolute Gasteiger partial charge is 0.255 e. The number of nitrogens with one attached hydrogen (secondary N) is 2. The Morgan fingerprint density at radius 3 is 1.96 bits per heavy atom. The van der Waals surface area contributed by atoms with Crippen LogP contribution in [0, 0.1) is 12.7 Å². The van der Waals surface area contributed by atoms with Gasteiger partial charge in [0.1, 0.15) is 5.82 Å². The zero-order valence-electron chi connectivity index (χ0n) is 14.1. The number of halogens is 1. The number of hydrogen-bond donors (Lipinski definition) is 2. The van der Waals surface area contributed by atoms with Crippen LogP contribution in [0.1, 0.15) is 26.3 Å². The Kier molecular flexibility index (Phi) is 5.08. The molecule has 0 aromatic heterocycles. The van der Waals surface area contributed by atoms with Gasteiger partial charge in [0.05, 0.1) is 0 Å². The zero-order valence-corrected chi connectivity index (χ0v) is 14.1. The number of anilines is 2. The molecule has 3 rings (SSSR count). The molecule has 0 bridgehead atoms. The molecule has 5 heteroatoms. The molecule has 0 unspecified atom stereocenters. The van der Waals surface area contributed by atoms with Crippen molar-refractivity contribution >= 4 is 23.2 Å². The minimum absolute atomic E-state index is 0.246. The fourth-order valence-corrected chi connectivity index (χ4v) is 2.46. The third kappa shape index (κ3) is 4.33. The van der Waals surface area contributed by atoms with E-state index in [1.54, 1.807) is 36.4 Å². The van der Waals surface area contributed by atoms with Crippen LogP contribution in [0.25, 0.3) is 0 Å². The molecule has 0 saturated carbocycles. The number of rotatable bonds is 4. The Balaban J connectivity index is 1.72. The quantitative estimate of drug-likeness (QED) is 0.722. The first-order valence-electron chi connectivity index (χ1n) is 8.06. The largest absolute Gasteiger partial charge is 0.322 e. The monoisotopic (exact) mass is 348 g/mol. The summed E-state index contributed by atoms with van der Waals surface area (Å²) >= 11 is 0. The van der Waals surface area contributed by atoms with Crippen molar-refractivity contribution in [1.82, 2.24) is 0 Å². The van der Waals surface area contributed by atoms with Crippen molar-refractivity contribution in [2.24, 2.45) is 0 Å². The second-order valence-electron chi connectivity index (χ2n) is 5.87. The Morgan fingerprint density at radius 1 is 0.731 bits per heavy atom. The van der Waals surface area contributed by atoms with E-state index in [9.17, 15) is 14.0 Å². The lowest BCUT2D eigenvalue weighted by molar-refractivity contribution is 0.101. The van der Waals surface area contributed by atoms with Crippen LogP contribution in [-0.4, -0.2) is 11.8 Å².